The molecule has 2 aliphatic rings. The number of aromatic nitrogens is 2. The van der Waals surface area contributed by atoms with Gasteiger partial charge in [-0.15, -0.1) is 0 Å². The summed E-state index contributed by atoms with van der Waals surface area (Å²) in [5.41, 5.74) is 4.06. The number of aryl methyl sites for hydroxylation is 2. The zero-order chi connectivity index (χ0) is 17.1. The summed E-state index contributed by atoms with van der Waals surface area (Å²) >= 11 is 0. The van der Waals surface area contributed by atoms with Crippen LogP contribution in [0.25, 0.3) is 0 Å². The van der Waals surface area contributed by atoms with E-state index in [0.29, 0.717) is 6.54 Å². The highest BCUT2D eigenvalue weighted by Gasteiger charge is 2.50. The van der Waals surface area contributed by atoms with Gasteiger partial charge in [0.05, 0.1) is 17.3 Å². The summed E-state index contributed by atoms with van der Waals surface area (Å²) in [5.74, 6) is -0.445. The maximum absolute atomic E-state index is 14.5. The molecule has 1 aliphatic carbocycles. The van der Waals surface area contributed by atoms with Gasteiger partial charge in [-0.3, -0.25) is 9.89 Å². The molecule has 1 atom stereocenters. The maximum Gasteiger partial charge on any atom is 0.234 e. The number of nitrogens with one attached hydrogen (secondary N) is 1. The minimum absolute atomic E-state index is 0.0261. The summed E-state index contributed by atoms with van der Waals surface area (Å²) < 4.78 is 14.5. The van der Waals surface area contributed by atoms with Gasteiger partial charge in [0.1, 0.15) is 5.82 Å². The SMILES string of the molecule is Cc1n[nH]c(C)c1C(C)C(=O)N1CC2(CCC2)c2c(F)cccc21. The summed E-state index contributed by atoms with van der Waals surface area (Å²) in [6.45, 7) is 6.36. The Morgan fingerprint density at radius 1 is 1.38 bits per heavy atom. The third kappa shape index (κ3) is 1.96. The molecular formula is C19H22FN3O. The Bertz CT molecular complexity index is 803. The lowest BCUT2D eigenvalue weighted by Crippen LogP contribution is -2.42. The number of fused-ring (bicyclic) bond motifs is 2. The van der Waals surface area contributed by atoms with E-state index in [1.807, 2.05) is 26.8 Å². The third-order valence-electron chi connectivity index (χ3n) is 5.84. The number of nitrogens with zero attached hydrogens (tertiary/aromatic N) is 2. The number of hydrogen-bond acceptors (Lipinski definition) is 2. The molecule has 4 rings (SSSR count). The highest BCUT2D eigenvalue weighted by atomic mass is 19.1. The molecule has 4 nitrogen and oxygen atoms in total. The first kappa shape index (κ1) is 15.4. The molecule has 2 aromatic rings. The van der Waals surface area contributed by atoms with Gasteiger partial charge in [-0.2, -0.15) is 5.10 Å². The summed E-state index contributed by atoms with van der Waals surface area (Å²) in [4.78, 5) is 15.0. The Morgan fingerprint density at radius 2 is 2.12 bits per heavy atom. The van der Waals surface area contributed by atoms with Crippen LogP contribution in [0.5, 0.6) is 0 Å². The normalized spacial score (nSPS) is 19.2. The average Bonchev–Trinajstić information content (AvgIpc) is 3.05. The van der Waals surface area contributed by atoms with Gasteiger partial charge in [0.15, 0.2) is 0 Å². The number of hydrogen-bond donors (Lipinski definition) is 1. The fraction of sp³-hybridized carbons (Fsp3) is 0.474. The van der Waals surface area contributed by atoms with Crippen LogP contribution in [0.15, 0.2) is 18.2 Å². The van der Waals surface area contributed by atoms with Crippen LogP contribution in [-0.4, -0.2) is 22.6 Å². The van der Waals surface area contributed by atoms with Crippen molar-refractivity contribution in [2.75, 3.05) is 11.4 Å². The van der Waals surface area contributed by atoms with E-state index in [4.69, 9.17) is 0 Å². The topological polar surface area (TPSA) is 49.0 Å². The highest BCUT2D eigenvalue weighted by Crippen LogP contribution is 2.53. The Kier molecular flexibility index (Phi) is 3.31. The van der Waals surface area contributed by atoms with Gasteiger partial charge in [-0.05, 0) is 45.7 Å². The molecule has 24 heavy (non-hydrogen) atoms. The standard InChI is InChI=1S/C19H22FN3O/c1-11(16-12(2)21-22-13(16)3)18(24)23-10-19(8-5-9-19)17-14(20)6-4-7-15(17)23/h4,6-7,11H,5,8-10H2,1-3H3,(H,21,22). The molecule has 1 saturated carbocycles. The van der Waals surface area contributed by atoms with Gasteiger partial charge < -0.3 is 4.90 Å². The molecule has 0 radical (unpaired) electrons. The molecule has 0 bridgehead atoms. The molecule has 1 amide bonds. The number of carbonyl (C=O) groups is 1. The first-order valence-corrected chi connectivity index (χ1v) is 8.56. The predicted octanol–water partition coefficient (Wildman–Crippen LogP) is 3.74. The second kappa shape index (κ2) is 5.16. The van der Waals surface area contributed by atoms with Crippen LogP contribution >= 0.6 is 0 Å². The van der Waals surface area contributed by atoms with Crippen molar-refractivity contribution < 1.29 is 9.18 Å². The van der Waals surface area contributed by atoms with Crippen molar-refractivity contribution in [3.8, 4) is 0 Å². The van der Waals surface area contributed by atoms with Crippen molar-refractivity contribution in [2.24, 2.45) is 0 Å². The zero-order valence-corrected chi connectivity index (χ0v) is 14.3. The molecule has 2 heterocycles. The molecule has 1 fully saturated rings. The molecular weight excluding hydrogens is 305 g/mol. The van der Waals surface area contributed by atoms with Gasteiger partial charge >= 0.3 is 0 Å². The second-order valence-corrected chi connectivity index (χ2v) is 7.26. The van der Waals surface area contributed by atoms with Crippen LogP contribution in [0, 0.1) is 19.7 Å². The molecule has 1 aliphatic heterocycles. The predicted molar refractivity (Wildman–Crippen MR) is 90.8 cm³/mol. The van der Waals surface area contributed by atoms with Gasteiger partial charge in [-0.1, -0.05) is 12.5 Å². The van der Waals surface area contributed by atoms with Crippen molar-refractivity contribution in [1.29, 1.82) is 0 Å². The molecule has 1 spiro atoms. The van der Waals surface area contributed by atoms with Crippen molar-refractivity contribution in [2.45, 2.75) is 51.4 Å². The van der Waals surface area contributed by atoms with Crippen LogP contribution in [0.3, 0.4) is 0 Å². The van der Waals surface area contributed by atoms with E-state index in [9.17, 15) is 9.18 Å². The molecule has 0 saturated heterocycles. The summed E-state index contributed by atoms with van der Waals surface area (Å²) in [6, 6.07) is 5.09. The number of rotatable bonds is 2. The molecule has 1 aromatic heterocycles. The van der Waals surface area contributed by atoms with E-state index >= 15 is 0 Å². The minimum Gasteiger partial charge on any atom is -0.311 e. The fourth-order valence-electron chi connectivity index (χ4n) is 4.49. The van der Waals surface area contributed by atoms with Crippen molar-refractivity contribution >= 4 is 11.6 Å². The number of aromatic amines is 1. The van der Waals surface area contributed by atoms with Gasteiger partial charge in [-0.25, -0.2) is 4.39 Å². The highest BCUT2D eigenvalue weighted by molar-refractivity contribution is 6.00. The lowest BCUT2D eigenvalue weighted by Gasteiger charge is -2.39. The van der Waals surface area contributed by atoms with Crippen LogP contribution in [0.4, 0.5) is 10.1 Å². The van der Waals surface area contributed by atoms with E-state index in [-0.39, 0.29) is 23.1 Å². The van der Waals surface area contributed by atoms with E-state index in [0.717, 1.165) is 47.5 Å². The zero-order valence-electron chi connectivity index (χ0n) is 14.3. The minimum atomic E-state index is -0.296. The molecule has 1 N–H and O–H groups in total. The Hall–Kier alpha value is -2.17. The van der Waals surface area contributed by atoms with E-state index in [1.54, 1.807) is 11.0 Å². The molecule has 5 heteroatoms. The summed E-state index contributed by atoms with van der Waals surface area (Å²) in [7, 11) is 0. The average molecular weight is 327 g/mol. The first-order chi connectivity index (χ1) is 11.4. The second-order valence-electron chi connectivity index (χ2n) is 7.26. The lowest BCUT2D eigenvalue weighted by atomic mass is 9.65. The van der Waals surface area contributed by atoms with E-state index in [1.165, 1.54) is 6.07 Å². The lowest BCUT2D eigenvalue weighted by molar-refractivity contribution is -0.119. The maximum atomic E-state index is 14.5. The van der Waals surface area contributed by atoms with Crippen LogP contribution in [0.2, 0.25) is 0 Å². The largest absolute Gasteiger partial charge is 0.311 e. The van der Waals surface area contributed by atoms with Crippen molar-refractivity contribution in [3.05, 3.63) is 46.5 Å². The van der Waals surface area contributed by atoms with E-state index in [2.05, 4.69) is 10.2 Å². The van der Waals surface area contributed by atoms with Gasteiger partial charge in [0, 0.05) is 28.8 Å². The van der Waals surface area contributed by atoms with E-state index < -0.39 is 0 Å². The third-order valence-corrected chi connectivity index (χ3v) is 5.84. The first-order valence-electron chi connectivity index (χ1n) is 8.56. The Morgan fingerprint density at radius 3 is 2.71 bits per heavy atom. The van der Waals surface area contributed by atoms with Gasteiger partial charge in [0.2, 0.25) is 5.91 Å². The number of benzene rings is 1. The number of H-pyrrole nitrogens is 1. The summed E-state index contributed by atoms with van der Waals surface area (Å²) in [6.07, 6.45) is 3.02. The fourth-order valence-corrected chi connectivity index (χ4v) is 4.49. The summed E-state index contributed by atoms with van der Waals surface area (Å²) in [5, 5.41) is 7.15. The van der Waals surface area contributed by atoms with Gasteiger partial charge in [0.25, 0.3) is 0 Å². The quantitative estimate of drug-likeness (QED) is 0.913. The molecule has 1 unspecified atom stereocenters. The van der Waals surface area contributed by atoms with Crippen molar-refractivity contribution in [3.63, 3.8) is 0 Å². The molecule has 126 valence electrons. The Balaban J connectivity index is 1.73. The van der Waals surface area contributed by atoms with Crippen LogP contribution in [-0.2, 0) is 10.2 Å². The van der Waals surface area contributed by atoms with Crippen molar-refractivity contribution in [1.82, 2.24) is 10.2 Å². The number of halogens is 1. The monoisotopic (exact) mass is 327 g/mol. The Labute approximate surface area is 141 Å². The van der Waals surface area contributed by atoms with Crippen LogP contribution in [0.1, 0.15) is 54.6 Å². The number of carbonyl (C=O) groups excluding carboxylic acids is 1. The number of anilines is 1. The van der Waals surface area contributed by atoms with Crippen LogP contribution < -0.4 is 4.90 Å². The number of amides is 1. The molecule has 1 aromatic carbocycles. The smallest absolute Gasteiger partial charge is 0.234 e.